The van der Waals surface area contributed by atoms with Crippen LogP contribution in [0.2, 0.25) is 0 Å². The SMILES string of the molecule is CCCC[C@H](C(=O)N1CCOCC1)N1C(=O)[C@H]2C3c4ccccc4C(c4ccccc43)[C@@H]2C1=O. The number of morpholine rings is 1. The van der Waals surface area contributed by atoms with Gasteiger partial charge in [-0.15, -0.1) is 0 Å². The normalized spacial score (nSPS) is 27.9. The first kappa shape index (κ1) is 21.5. The third kappa shape index (κ3) is 3.01. The van der Waals surface area contributed by atoms with Gasteiger partial charge in [-0.05, 0) is 28.7 Å². The van der Waals surface area contributed by atoms with Gasteiger partial charge >= 0.3 is 0 Å². The maximum atomic E-state index is 14.1. The van der Waals surface area contributed by atoms with Crippen molar-refractivity contribution in [1.82, 2.24) is 9.80 Å². The average Bonchev–Trinajstić information content (AvgIpc) is 3.15. The number of amides is 3. The molecule has 2 heterocycles. The summed E-state index contributed by atoms with van der Waals surface area (Å²) in [4.78, 5) is 44.9. The molecule has 6 heteroatoms. The molecule has 0 saturated carbocycles. The van der Waals surface area contributed by atoms with Crippen molar-refractivity contribution in [2.45, 2.75) is 44.1 Å². The minimum atomic E-state index is -0.728. The second-order valence-electron chi connectivity index (χ2n) is 9.91. The Hall–Kier alpha value is -2.99. The van der Waals surface area contributed by atoms with Crippen molar-refractivity contribution in [1.29, 1.82) is 0 Å². The quantitative estimate of drug-likeness (QED) is 0.645. The highest BCUT2D eigenvalue weighted by molar-refractivity contribution is 6.10. The first-order valence-corrected chi connectivity index (χ1v) is 12.5. The molecule has 0 N–H and O–H groups in total. The molecule has 2 fully saturated rings. The largest absolute Gasteiger partial charge is 0.378 e. The number of nitrogens with zero attached hydrogens (tertiary/aromatic N) is 2. The highest BCUT2D eigenvalue weighted by Gasteiger charge is 2.63. The monoisotopic (exact) mass is 458 g/mol. The van der Waals surface area contributed by atoms with Crippen LogP contribution in [0.5, 0.6) is 0 Å². The molecule has 3 amide bonds. The number of hydrogen-bond acceptors (Lipinski definition) is 4. The number of carbonyl (C=O) groups excluding carboxylic acids is 3. The molecule has 7 rings (SSSR count). The molecule has 2 aromatic carbocycles. The fraction of sp³-hybridized carbons (Fsp3) is 0.464. The third-order valence-corrected chi connectivity index (χ3v) is 8.23. The van der Waals surface area contributed by atoms with Gasteiger partial charge in [0.1, 0.15) is 6.04 Å². The van der Waals surface area contributed by atoms with E-state index >= 15 is 0 Å². The Bertz CT molecular complexity index is 1040. The van der Waals surface area contributed by atoms with Crippen LogP contribution in [0.1, 0.15) is 60.3 Å². The van der Waals surface area contributed by atoms with E-state index in [0.29, 0.717) is 32.7 Å². The van der Waals surface area contributed by atoms with Gasteiger partial charge in [-0.1, -0.05) is 68.3 Å². The molecule has 176 valence electrons. The van der Waals surface area contributed by atoms with Gasteiger partial charge in [-0.3, -0.25) is 19.3 Å². The lowest BCUT2D eigenvalue weighted by Gasteiger charge is -2.45. The van der Waals surface area contributed by atoms with Gasteiger partial charge in [0.05, 0.1) is 25.0 Å². The number of imide groups is 1. The molecule has 0 spiro atoms. The zero-order valence-corrected chi connectivity index (χ0v) is 19.5. The number of carbonyl (C=O) groups is 3. The number of ether oxygens (including phenoxy) is 1. The van der Waals surface area contributed by atoms with E-state index in [2.05, 4.69) is 31.2 Å². The number of rotatable bonds is 5. The Morgan fingerprint density at radius 1 is 0.882 bits per heavy atom. The molecule has 0 unspecified atom stereocenters. The second-order valence-corrected chi connectivity index (χ2v) is 9.91. The summed E-state index contributed by atoms with van der Waals surface area (Å²) in [5.41, 5.74) is 4.61. The van der Waals surface area contributed by atoms with Crippen molar-refractivity contribution in [3.05, 3.63) is 70.8 Å². The van der Waals surface area contributed by atoms with Crippen LogP contribution < -0.4 is 0 Å². The summed E-state index contributed by atoms with van der Waals surface area (Å²) in [6, 6.07) is 15.8. The summed E-state index contributed by atoms with van der Waals surface area (Å²) in [6.45, 7) is 4.07. The number of hydrogen-bond donors (Lipinski definition) is 0. The zero-order chi connectivity index (χ0) is 23.4. The average molecular weight is 459 g/mol. The second kappa shape index (κ2) is 8.35. The summed E-state index contributed by atoms with van der Waals surface area (Å²) in [5, 5.41) is 0. The highest BCUT2D eigenvalue weighted by atomic mass is 16.5. The van der Waals surface area contributed by atoms with Gasteiger partial charge in [0.2, 0.25) is 17.7 Å². The maximum Gasteiger partial charge on any atom is 0.246 e. The van der Waals surface area contributed by atoms with E-state index in [1.807, 2.05) is 24.3 Å². The van der Waals surface area contributed by atoms with Crippen LogP contribution in [-0.4, -0.2) is 59.9 Å². The van der Waals surface area contributed by atoms with Crippen LogP contribution in [-0.2, 0) is 19.1 Å². The van der Waals surface area contributed by atoms with Crippen LogP contribution >= 0.6 is 0 Å². The molecule has 3 atom stereocenters. The maximum absolute atomic E-state index is 14.1. The topological polar surface area (TPSA) is 66.9 Å². The molecule has 0 radical (unpaired) electrons. The van der Waals surface area contributed by atoms with E-state index in [4.69, 9.17) is 4.74 Å². The Kier molecular flexibility index (Phi) is 5.29. The Labute approximate surface area is 199 Å². The molecule has 0 aromatic heterocycles. The molecule has 6 nitrogen and oxygen atoms in total. The van der Waals surface area contributed by atoms with Gasteiger partial charge in [0.25, 0.3) is 0 Å². The Morgan fingerprint density at radius 3 is 1.79 bits per heavy atom. The van der Waals surface area contributed by atoms with E-state index in [1.54, 1.807) is 4.90 Å². The minimum absolute atomic E-state index is 0.112. The summed E-state index contributed by atoms with van der Waals surface area (Å²) in [7, 11) is 0. The summed E-state index contributed by atoms with van der Waals surface area (Å²) >= 11 is 0. The predicted molar refractivity (Wildman–Crippen MR) is 126 cm³/mol. The molecular weight excluding hydrogens is 428 g/mol. The van der Waals surface area contributed by atoms with Crippen molar-refractivity contribution in [3.63, 3.8) is 0 Å². The first-order valence-electron chi connectivity index (χ1n) is 12.5. The van der Waals surface area contributed by atoms with E-state index in [0.717, 1.165) is 35.1 Å². The van der Waals surface area contributed by atoms with Crippen molar-refractivity contribution in [2.75, 3.05) is 26.3 Å². The zero-order valence-electron chi connectivity index (χ0n) is 19.5. The number of unbranched alkanes of at least 4 members (excludes halogenated alkanes) is 1. The van der Waals surface area contributed by atoms with Crippen LogP contribution in [0.3, 0.4) is 0 Å². The third-order valence-electron chi connectivity index (χ3n) is 8.23. The fourth-order valence-corrected chi connectivity index (χ4v) is 6.76. The van der Waals surface area contributed by atoms with Gasteiger partial charge in [0, 0.05) is 24.9 Å². The predicted octanol–water partition coefficient (Wildman–Crippen LogP) is 3.30. The van der Waals surface area contributed by atoms with Gasteiger partial charge in [-0.2, -0.15) is 0 Å². The lowest BCUT2D eigenvalue weighted by molar-refractivity contribution is -0.153. The lowest BCUT2D eigenvalue weighted by atomic mass is 9.55. The summed E-state index contributed by atoms with van der Waals surface area (Å²) in [5.74, 6) is -1.62. The molecular formula is C28H30N2O4. The minimum Gasteiger partial charge on any atom is -0.378 e. The van der Waals surface area contributed by atoms with Crippen LogP contribution in [0.15, 0.2) is 48.5 Å². The summed E-state index contributed by atoms with van der Waals surface area (Å²) < 4.78 is 5.42. The van der Waals surface area contributed by atoms with Crippen LogP contribution in [0.4, 0.5) is 0 Å². The number of likely N-dealkylation sites (tertiary alicyclic amines) is 1. The molecule has 3 aliphatic carbocycles. The first-order chi connectivity index (χ1) is 16.6. The van der Waals surface area contributed by atoms with Gasteiger partial charge in [0.15, 0.2) is 0 Å². The van der Waals surface area contributed by atoms with E-state index in [1.165, 1.54) is 4.90 Å². The highest BCUT2D eigenvalue weighted by Crippen LogP contribution is 2.61. The van der Waals surface area contributed by atoms with Crippen molar-refractivity contribution < 1.29 is 19.1 Å². The fourth-order valence-electron chi connectivity index (χ4n) is 6.76. The lowest BCUT2D eigenvalue weighted by Crippen LogP contribution is -2.53. The van der Waals surface area contributed by atoms with Crippen molar-refractivity contribution >= 4 is 17.7 Å². The van der Waals surface area contributed by atoms with Crippen LogP contribution in [0.25, 0.3) is 0 Å². The van der Waals surface area contributed by atoms with Gasteiger partial charge < -0.3 is 9.64 Å². The van der Waals surface area contributed by atoms with E-state index in [9.17, 15) is 14.4 Å². The molecule has 2 aromatic rings. The molecule has 5 aliphatic rings. The van der Waals surface area contributed by atoms with E-state index in [-0.39, 0.29) is 29.6 Å². The Balaban J connectivity index is 1.42. The van der Waals surface area contributed by atoms with E-state index < -0.39 is 17.9 Å². The molecule has 2 aliphatic heterocycles. The van der Waals surface area contributed by atoms with Crippen LogP contribution in [0, 0.1) is 11.8 Å². The standard InChI is InChI=1S/C28H30N2O4/c1-2-3-12-21(26(31)29-13-15-34-16-14-29)30-27(32)24-22-17-8-4-5-9-18(17)23(25(24)28(30)33)20-11-7-6-10-19(20)22/h4-11,21-25H,2-3,12-16H2,1H3/t21-,22?,23?,24+,25+/m1/s1. The molecule has 2 bridgehead atoms. The smallest absolute Gasteiger partial charge is 0.246 e. The summed E-state index contributed by atoms with van der Waals surface area (Å²) in [6.07, 6.45) is 2.21. The van der Waals surface area contributed by atoms with Crippen molar-refractivity contribution in [2.24, 2.45) is 11.8 Å². The number of benzene rings is 2. The Morgan fingerprint density at radius 2 is 1.35 bits per heavy atom. The molecule has 34 heavy (non-hydrogen) atoms. The van der Waals surface area contributed by atoms with Gasteiger partial charge in [-0.25, -0.2) is 0 Å². The van der Waals surface area contributed by atoms with Crippen molar-refractivity contribution in [3.8, 4) is 0 Å². The molecule has 2 saturated heterocycles.